The Labute approximate surface area is 94.7 Å². The monoisotopic (exact) mass is 210 g/mol. The third-order valence-corrected chi connectivity index (χ3v) is 2.98. The van der Waals surface area contributed by atoms with Gasteiger partial charge in [-0.25, -0.2) is 5.01 Å². The minimum Gasteiger partial charge on any atom is -0.326 e. The lowest BCUT2D eigenvalue weighted by molar-refractivity contribution is 0.256. The lowest BCUT2D eigenvalue weighted by Crippen LogP contribution is -2.31. The van der Waals surface area contributed by atoms with Crippen molar-refractivity contribution < 1.29 is 0 Å². The normalized spacial score (nSPS) is 16.5. The zero-order valence-corrected chi connectivity index (χ0v) is 10.4. The van der Waals surface area contributed by atoms with Crippen molar-refractivity contribution in [2.24, 2.45) is 0 Å². The summed E-state index contributed by atoms with van der Waals surface area (Å²) in [6.45, 7) is 6.86. The quantitative estimate of drug-likeness (QED) is 0.617. The van der Waals surface area contributed by atoms with Crippen LogP contribution in [-0.2, 0) is 0 Å². The van der Waals surface area contributed by atoms with Gasteiger partial charge in [-0.2, -0.15) is 0 Å². The molecular formula is C13H26N2. The van der Waals surface area contributed by atoms with Crippen LogP contribution in [0.4, 0.5) is 0 Å². The Morgan fingerprint density at radius 3 is 2.60 bits per heavy atom. The van der Waals surface area contributed by atoms with Crippen molar-refractivity contribution in [1.29, 1.82) is 0 Å². The van der Waals surface area contributed by atoms with Crippen LogP contribution in [0.3, 0.4) is 0 Å². The smallest absolute Gasteiger partial charge is 0.0406 e. The van der Waals surface area contributed by atoms with Crippen LogP contribution in [0, 0.1) is 0 Å². The van der Waals surface area contributed by atoms with Gasteiger partial charge in [0.25, 0.3) is 0 Å². The first-order chi connectivity index (χ1) is 7.36. The van der Waals surface area contributed by atoms with Crippen molar-refractivity contribution in [3.63, 3.8) is 0 Å². The Bertz CT molecular complexity index is 187. The zero-order chi connectivity index (χ0) is 10.9. The fraction of sp³-hybridized carbons (Fsp3) is 0.846. The van der Waals surface area contributed by atoms with Gasteiger partial charge < -0.3 is 5.43 Å². The molecule has 0 atom stereocenters. The molecule has 1 aliphatic rings. The van der Waals surface area contributed by atoms with E-state index in [1.54, 1.807) is 5.57 Å². The molecule has 0 spiro atoms. The molecule has 0 saturated carbocycles. The number of hydrazine groups is 1. The maximum absolute atomic E-state index is 3.36. The molecule has 0 unspecified atom stereocenters. The van der Waals surface area contributed by atoms with E-state index in [0.717, 1.165) is 6.54 Å². The van der Waals surface area contributed by atoms with E-state index >= 15 is 0 Å². The number of hydrogen-bond acceptors (Lipinski definition) is 2. The Morgan fingerprint density at radius 1 is 1.13 bits per heavy atom. The molecule has 0 amide bonds. The number of nitrogens with zero attached hydrogens (tertiary/aromatic N) is 1. The van der Waals surface area contributed by atoms with Crippen LogP contribution in [0.5, 0.6) is 0 Å². The summed E-state index contributed by atoms with van der Waals surface area (Å²) in [5.74, 6) is 0. The van der Waals surface area contributed by atoms with E-state index in [2.05, 4.69) is 30.5 Å². The maximum Gasteiger partial charge on any atom is 0.0406 e. The number of rotatable bonds is 8. The molecular weight excluding hydrogens is 184 g/mol. The highest BCUT2D eigenvalue weighted by atomic mass is 15.5. The van der Waals surface area contributed by atoms with Gasteiger partial charge in [-0.05, 0) is 24.8 Å². The summed E-state index contributed by atoms with van der Waals surface area (Å²) in [6, 6.07) is 0. The van der Waals surface area contributed by atoms with Crippen LogP contribution in [0.15, 0.2) is 11.8 Å². The minimum absolute atomic E-state index is 1.15. The summed E-state index contributed by atoms with van der Waals surface area (Å²) in [7, 11) is 0. The molecule has 1 aliphatic heterocycles. The number of hydrogen-bond donors (Lipinski definition) is 1. The molecule has 0 aromatic heterocycles. The second-order valence-corrected chi connectivity index (χ2v) is 4.52. The van der Waals surface area contributed by atoms with E-state index in [1.807, 2.05) is 0 Å². The standard InChI is InChI=1S/C13H26N2/c1-3-5-7-9-13-11-14-15(12-13)10-8-6-4-2/h11,14H,3-10,12H2,1-2H3. The van der Waals surface area contributed by atoms with Crippen molar-refractivity contribution in [3.05, 3.63) is 11.8 Å². The van der Waals surface area contributed by atoms with Gasteiger partial charge in [0, 0.05) is 19.3 Å². The van der Waals surface area contributed by atoms with Crippen molar-refractivity contribution >= 4 is 0 Å². The lowest BCUT2D eigenvalue weighted by atomic mass is 10.1. The molecule has 2 heteroatoms. The van der Waals surface area contributed by atoms with Gasteiger partial charge in [0.1, 0.15) is 0 Å². The summed E-state index contributed by atoms with van der Waals surface area (Å²) in [5.41, 5.74) is 4.95. The van der Waals surface area contributed by atoms with E-state index in [4.69, 9.17) is 0 Å². The molecule has 88 valence electrons. The predicted molar refractivity (Wildman–Crippen MR) is 66.5 cm³/mol. The third-order valence-electron chi connectivity index (χ3n) is 2.98. The molecule has 0 aromatic carbocycles. The van der Waals surface area contributed by atoms with Crippen molar-refractivity contribution in [2.45, 2.75) is 58.8 Å². The van der Waals surface area contributed by atoms with E-state index in [1.165, 1.54) is 51.5 Å². The Hall–Kier alpha value is -0.500. The van der Waals surface area contributed by atoms with E-state index < -0.39 is 0 Å². The fourth-order valence-corrected chi connectivity index (χ4v) is 1.97. The van der Waals surface area contributed by atoms with E-state index in [-0.39, 0.29) is 0 Å². The summed E-state index contributed by atoms with van der Waals surface area (Å²) >= 11 is 0. The van der Waals surface area contributed by atoms with E-state index in [0.29, 0.717) is 0 Å². The molecule has 1 N–H and O–H groups in total. The first-order valence-corrected chi connectivity index (χ1v) is 6.55. The molecule has 0 aromatic rings. The molecule has 0 bridgehead atoms. The van der Waals surface area contributed by atoms with Crippen molar-refractivity contribution in [2.75, 3.05) is 13.1 Å². The zero-order valence-electron chi connectivity index (χ0n) is 10.4. The summed E-state index contributed by atoms with van der Waals surface area (Å²) in [5, 5.41) is 2.34. The van der Waals surface area contributed by atoms with Gasteiger partial charge in [0.15, 0.2) is 0 Å². The van der Waals surface area contributed by atoms with Gasteiger partial charge in [0.2, 0.25) is 0 Å². The number of unbranched alkanes of at least 4 members (excludes halogenated alkanes) is 4. The average molecular weight is 210 g/mol. The van der Waals surface area contributed by atoms with Crippen LogP contribution >= 0.6 is 0 Å². The van der Waals surface area contributed by atoms with Crippen LogP contribution < -0.4 is 5.43 Å². The van der Waals surface area contributed by atoms with Crippen molar-refractivity contribution in [3.8, 4) is 0 Å². The van der Waals surface area contributed by atoms with Gasteiger partial charge in [0.05, 0.1) is 0 Å². The molecule has 0 aliphatic carbocycles. The third kappa shape index (κ3) is 5.22. The summed E-state index contributed by atoms with van der Waals surface area (Å²) in [4.78, 5) is 0. The van der Waals surface area contributed by atoms with Crippen LogP contribution in [0.25, 0.3) is 0 Å². The van der Waals surface area contributed by atoms with Crippen LogP contribution in [0.1, 0.15) is 58.8 Å². The van der Waals surface area contributed by atoms with Crippen LogP contribution in [0.2, 0.25) is 0 Å². The molecule has 0 saturated heterocycles. The number of nitrogens with one attached hydrogen (secondary N) is 1. The fourth-order valence-electron chi connectivity index (χ4n) is 1.97. The average Bonchev–Trinajstić information content (AvgIpc) is 2.67. The summed E-state index contributed by atoms with van der Waals surface area (Å²) < 4.78 is 0. The Morgan fingerprint density at radius 2 is 1.87 bits per heavy atom. The van der Waals surface area contributed by atoms with E-state index in [9.17, 15) is 0 Å². The first kappa shape index (κ1) is 12.6. The van der Waals surface area contributed by atoms with Crippen LogP contribution in [-0.4, -0.2) is 18.1 Å². The minimum atomic E-state index is 1.15. The SMILES string of the molecule is CCCCCC1=CNN(CCCCC)C1. The molecule has 2 nitrogen and oxygen atoms in total. The highest BCUT2D eigenvalue weighted by molar-refractivity contribution is 5.07. The second kappa shape index (κ2) is 7.75. The van der Waals surface area contributed by atoms with Gasteiger partial charge in [-0.3, -0.25) is 0 Å². The molecule has 1 heterocycles. The highest BCUT2D eigenvalue weighted by Crippen LogP contribution is 2.13. The largest absolute Gasteiger partial charge is 0.326 e. The molecule has 0 fully saturated rings. The Kier molecular flexibility index (Phi) is 6.49. The maximum atomic E-state index is 3.36. The summed E-state index contributed by atoms with van der Waals surface area (Å²) in [6.07, 6.45) is 11.5. The first-order valence-electron chi connectivity index (χ1n) is 6.55. The molecule has 1 rings (SSSR count). The second-order valence-electron chi connectivity index (χ2n) is 4.52. The lowest BCUT2D eigenvalue weighted by Gasteiger charge is -2.15. The van der Waals surface area contributed by atoms with Gasteiger partial charge in [-0.15, -0.1) is 0 Å². The van der Waals surface area contributed by atoms with Gasteiger partial charge >= 0.3 is 0 Å². The topological polar surface area (TPSA) is 15.3 Å². The molecule has 15 heavy (non-hydrogen) atoms. The van der Waals surface area contributed by atoms with Gasteiger partial charge in [-0.1, -0.05) is 39.5 Å². The highest BCUT2D eigenvalue weighted by Gasteiger charge is 2.11. The molecule has 0 radical (unpaired) electrons. The Balaban J connectivity index is 2.03. The van der Waals surface area contributed by atoms with Crippen molar-refractivity contribution in [1.82, 2.24) is 10.4 Å². The predicted octanol–water partition coefficient (Wildman–Crippen LogP) is 3.46.